The number of methoxy groups -OCH3 is 1. The molecule has 1 aromatic carbocycles. The molecule has 1 aromatic rings. The number of benzene rings is 1. The number of para-hydroxylation sites is 1. The van der Waals surface area contributed by atoms with Crippen LogP contribution in [0.25, 0.3) is 0 Å². The summed E-state index contributed by atoms with van der Waals surface area (Å²) in [5.41, 5.74) is 0.370. The maximum Gasteiger partial charge on any atom is 0.324 e. The molecule has 0 spiro atoms. The van der Waals surface area contributed by atoms with Gasteiger partial charge >= 0.3 is 5.97 Å². The zero-order valence-electron chi connectivity index (χ0n) is 8.55. The summed E-state index contributed by atoms with van der Waals surface area (Å²) in [4.78, 5) is 21.3. The first-order chi connectivity index (χ1) is 7.56. The van der Waals surface area contributed by atoms with Gasteiger partial charge < -0.3 is 4.74 Å². The van der Waals surface area contributed by atoms with Gasteiger partial charge in [-0.25, -0.2) is 0 Å². The van der Waals surface area contributed by atoms with E-state index in [0.29, 0.717) is 5.56 Å². The van der Waals surface area contributed by atoms with Gasteiger partial charge in [0.05, 0.1) is 12.0 Å². The number of rotatable bonds is 4. The molecule has 0 aliphatic heterocycles. The average Bonchev–Trinajstić information content (AvgIpc) is 2.28. The summed E-state index contributed by atoms with van der Waals surface area (Å²) in [7, 11) is 1.22. The lowest BCUT2D eigenvalue weighted by molar-refractivity contribution is -0.385. The van der Waals surface area contributed by atoms with Gasteiger partial charge in [0.2, 0.25) is 0 Å². The van der Waals surface area contributed by atoms with E-state index in [0.717, 1.165) is 0 Å². The van der Waals surface area contributed by atoms with E-state index in [2.05, 4.69) is 4.74 Å². The van der Waals surface area contributed by atoms with E-state index >= 15 is 0 Å². The van der Waals surface area contributed by atoms with Crippen LogP contribution in [0.2, 0.25) is 0 Å². The van der Waals surface area contributed by atoms with Gasteiger partial charge in [0.25, 0.3) is 5.69 Å². The van der Waals surface area contributed by atoms with E-state index in [1.807, 2.05) is 0 Å². The Kier molecular flexibility index (Phi) is 4.25. The average molecular weight is 244 g/mol. The lowest BCUT2D eigenvalue weighted by Crippen LogP contribution is -2.19. The smallest absolute Gasteiger partial charge is 0.324 e. The minimum absolute atomic E-state index is 0.0444. The monoisotopic (exact) mass is 243 g/mol. The van der Waals surface area contributed by atoms with E-state index < -0.39 is 16.3 Å². The largest absolute Gasteiger partial charge is 0.468 e. The van der Waals surface area contributed by atoms with Gasteiger partial charge in [0.1, 0.15) is 5.38 Å². The van der Waals surface area contributed by atoms with Gasteiger partial charge in [-0.05, 0) is 0 Å². The molecule has 86 valence electrons. The molecule has 0 saturated carbocycles. The van der Waals surface area contributed by atoms with Crippen LogP contribution >= 0.6 is 11.6 Å². The van der Waals surface area contributed by atoms with Crippen molar-refractivity contribution in [1.82, 2.24) is 0 Å². The summed E-state index contributed by atoms with van der Waals surface area (Å²) in [5.74, 6) is -0.597. The predicted octanol–water partition coefficient (Wildman–Crippen LogP) is 1.92. The van der Waals surface area contributed by atoms with Crippen molar-refractivity contribution in [3.05, 3.63) is 39.9 Å². The molecule has 5 nitrogen and oxygen atoms in total. The molecule has 0 aliphatic rings. The summed E-state index contributed by atoms with van der Waals surface area (Å²) < 4.78 is 4.44. The van der Waals surface area contributed by atoms with E-state index in [1.54, 1.807) is 18.2 Å². The van der Waals surface area contributed by atoms with Crippen LogP contribution in [0.3, 0.4) is 0 Å². The minimum Gasteiger partial charge on any atom is -0.468 e. The number of nitro groups is 1. The Bertz CT molecular complexity index is 408. The van der Waals surface area contributed by atoms with Crippen LogP contribution in [-0.4, -0.2) is 23.4 Å². The molecule has 0 unspecified atom stereocenters. The van der Waals surface area contributed by atoms with Crippen LogP contribution in [0.1, 0.15) is 5.56 Å². The summed E-state index contributed by atoms with van der Waals surface area (Å²) in [5, 5.41) is 9.78. The lowest BCUT2D eigenvalue weighted by atomic mass is 10.1. The Balaban J connectivity index is 2.88. The number of halogens is 1. The van der Waals surface area contributed by atoms with Gasteiger partial charge in [0, 0.05) is 18.1 Å². The Morgan fingerprint density at radius 2 is 2.19 bits per heavy atom. The molecule has 0 amide bonds. The highest BCUT2D eigenvalue weighted by molar-refractivity contribution is 6.30. The van der Waals surface area contributed by atoms with Crippen molar-refractivity contribution in [1.29, 1.82) is 0 Å². The fraction of sp³-hybridized carbons (Fsp3) is 0.300. The number of hydrogen-bond donors (Lipinski definition) is 0. The third-order valence-corrected chi connectivity index (χ3v) is 2.38. The van der Waals surface area contributed by atoms with E-state index in [-0.39, 0.29) is 12.1 Å². The second-order valence-corrected chi connectivity index (χ2v) is 3.61. The van der Waals surface area contributed by atoms with Crippen molar-refractivity contribution in [3.63, 3.8) is 0 Å². The highest BCUT2D eigenvalue weighted by Gasteiger charge is 2.21. The molecule has 0 aromatic heterocycles. The van der Waals surface area contributed by atoms with Crippen LogP contribution < -0.4 is 0 Å². The number of carbonyl (C=O) groups excluding carboxylic acids is 1. The Hall–Kier alpha value is -1.62. The van der Waals surface area contributed by atoms with Crippen LogP contribution in [0.5, 0.6) is 0 Å². The first kappa shape index (κ1) is 12.4. The fourth-order valence-corrected chi connectivity index (χ4v) is 1.52. The lowest BCUT2D eigenvalue weighted by Gasteiger charge is -2.07. The number of ether oxygens (including phenoxy) is 1. The van der Waals surface area contributed by atoms with Gasteiger partial charge in [-0.2, -0.15) is 0 Å². The summed E-state index contributed by atoms with van der Waals surface area (Å²) in [6, 6.07) is 6.15. The van der Waals surface area contributed by atoms with Crippen LogP contribution in [0.4, 0.5) is 5.69 Å². The Morgan fingerprint density at radius 1 is 1.56 bits per heavy atom. The topological polar surface area (TPSA) is 69.4 Å². The molecule has 1 atom stereocenters. The van der Waals surface area contributed by atoms with Crippen molar-refractivity contribution >= 4 is 23.3 Å². The molecular weight excluding hydrogens is 234 g/mol. The number of alkyl halides is 1. The number of hydrogen-bond acceptors (Lipinski definition) is 4. The molecule has 0 radical (unpaired) electrons. The number of carbonyl (C=O) groups is 1. The molecule has 0 bridgehead atoms. The molecule has 0 saturated heterocycles. The summed E-state index contributed by atoms with van der Waals surface area (Å²) in [6.07, 6.45) is 0.0748. The van der Waals surface area contributed by atoms with E-state index in [4.69, 9.17) is 11.6 Å². The van der Waals surface area contributed by atoms with Crippen LogP contribution in [0.15, 0.2) is 24.3 Å². The highest BCUT2D eigenvalue weighted by Crippen LogP contribution is 2.21. The fourth-order valence-electron chi connectivity index (χ4n) is 1.27. The van der Waals surface area contributed by atoms with Gasteiger partial charge in [0.15, 0.2) is 0 Å². The zero-order chi connectivity index (χ0) is 12.1. The van der Waals surface area contributed by atoms with Crippen molar-refractivity contribution in [2.45, 2.75) is 11.8 Å². The number of esters is 1. The standard InChI is InChI=1S/C10H10ClNO4/c1-16-10(13)8(11)6-7-4-2-3-5-9(7)12(14)15/h2-5,8H,6H2,1H3/t8-/m0/s1. The Morgan fingerprint density at radius 3 is 2.75 bits per heavy atom. The SMILES string of the molecule is COC(=O)[C@@H](Cl)Cc1ccccc1[N+](=O)[O-]. The van der Waals surface area contributed by atoms with Gasteiger partial charge in [-0.15, -0.1) is 11.6 Å². The molecule has 0 aliphatic carbocycles. The van der Waals surface area contributed by atoms with Crippen molar-refractivity contribution in [2.24, 2.45) is 0 Å². The summed E-state index contributed by atoms with van der Waals surface area (Å²) in [6.45, 7) is 0. The van der Waals surface area contributed by atoms with Gasteiger partial charge in [-0.1, -0.05) is 18.2 Å². The van der Waals surface area contributed by atoms with Crippen LogP contribution in [-0.2, 0) is 16.0 Å². The third kappa shape index (κ3) is 2.93. The van der Waals surface area contributed by atoms with Crippen molar-refractivity contribution in [2.75, 3.05) is 7.11 Å². The normalized spacial score (nSPS) is 11.9. The first-order valence-corrected chi connectivity index (χ1v) is 4.94. The Labute approximate surface area is 97.1 Å². The van der Waals surface area contributed by atoms with E-state index in [9.17, 15) is 14.9 Å². The second-order valence-electron chi connectivity index (χ2n) is 3.08. The maximum absolute atomic E-state index is 11.1. The van der Waals surface area contributed by atoms with Crippen molar-refractivity contribution < 1.29 is 14.5 Å². The molecule has 1 rings (SSSR count). The summed E-state index contributed by atoms with van der Waals surface area (Å²) >= 11 is 5.75. The number of nitrogens with zero attached hydrogens (tertiary/aromatic N) is 1. The predicted molar refractivity (Wildman–Crippen MR) is 58.5 cm³/mol. The maximum atomic E-state index is 11.1. The van der Waals surface area contributed by atoms with Crippen molar-refractivity contribution in [3.8, 4) is 0 Å². The first-order valence-electron chi connectivity index (χ1n) is 4.50. The molecule has 0 heterocycles. The highest BCUT2D eigenvalue weighted by atomic mass is 35.5. The molecular formula is C10H10ClNO4. The zero-order valence-corrected chi connectivity index (χ0v) is 9.31. The quantitative estimate of drug-likeness (QED) is 0.351. The van der Waals surface area contributed by atoms with E-state index in [1.165, 1.54) is 13.2 Å². The minimum atomic E-state index is -0.911. The molecule has 0 fully saturated rings. The van der Waals surface area contributed by atoms with Crippen LogP contribution in [0, 0.1) is 10.1 Å². The van der Waals surface area contributed by atoms with Gasteiger partial charge in [-0.3, -0.25) is 14.9 Å². The molecule has 0 N–H and O–H groups in total. The molecule has 6 heteroatoms. The molecule has 16 heavy (non-hydrogen) atoms. The third-order valence-electron chi connectivity index (χ3n) is 2.04. The number of nitro benzene ring substituents is 1. The second kappa shape index (κ2) is 5.46.